The topological polar surface area (TPSA) is 81.5 Å². The van der Waals surface area contributed by atoms with Crippen LogP contribution < -0.4 is 10.1 Å². The summed E-state index contributed by atoms with van der Waals surface area (Å²) in [4.78, 5) is 18.9. The Hall–Kier alpha value is -3.23. The molecule has 2 aromatic heterocycles. The van der Waals surface area contributed by atoms with Crippen LogP contribution in [0, 0.1) is 0 Å². The van der Waals surface area contributed by atoms with Crippen LogP contribution >= 0.6 is 0 Å². The van der Waals surface area contributed by atoms with Crippen LogP contribution in [0.2, 0.25) is 0 Å². The fourth-order valence-electron chi connectivity index (χ4n) is 3.86. The minimum atomic E-state index is -0.0801. The molecule has 3 aromatic rings. The van der Waals surface area contributed by atoms with E-state index in [4.69, 9.17) is 9.47 Å². The second-order valence-corrected chi connectivity index (χ2v) is 7.65. The van der Waals surface area contributed by atoms with Crippen molar-refractivity contribution in [2.45, 2.75) is 6.54 Å². The Morgan fingerprint density at radius 3 is 2.65 bits per heavy atom. The van der Waals surface area contributed by atoms with Crippen LogP contribution in [0.4, 0.5) is 0 Å². The van der Waals surface area contributed by atoms with Gasteiger partial charge in [-0.25, -0.2) is 0 Å². The maximum absolute atomic E-state index is 12.0. The zero-order valence-corrected chi connectivity index (χ0v) is 17.3. The van der Waals surface area contributed by atoms with E-state index in [-0.39, 0.29) is 5.91 Å². The summed E-state index contributed by atoms with van der Waals surface area (Å²) in [5.74, 6) is 0.768. The number of carbonyl (C=O) groups is 1. The molecule has 0 spiro atoms. The molecule has 8 heteroatoms. The van der Waals surface area contributed by atoms with Gasteiger partial charge in [0, 0.05) is 43.5 Å². The Morgan fingerprint density at radius 1 is 1.00 bits per heavy atom. The van der Waals surface area contributed by atoms with E-state index in [0.717, 1.165) is 61.1 Å². The van der Waals surface area contributed by atoms with Gasteiger partial charge in [0.2, 0.25) is 0 Å². The van der Waals surface area contributed by atoms with Gasteiger partial charge in [-0.05, 0) is 42.5 Å². The number of nitrogens with zero attached hydrogens (tertiary/aromatic N) is 4. The van der Waals surface area contributed by atoms with Gasteiger partial charge in [0.15, 0.2) is 0 Å². The third-order valence-electron chi connectivity index (χ3n) is 5.61. The molecular weight excluding hydrogens is 394 g/mol. The first-order chi connectivity index (χ1) is 15.3. The van der Waals surface area contributed by atoms with E-state index < -0.39 is 0 Å². The van der Waals surface area contributed by atoms with Crippen molar-refractivity contribution in [1.29, 1.82) is 0 Å². The maximum Gasteiger partial charge on any atom is 0.269 e. The minimum absolute atomic E-state index is 0.0801. The zero-order chi connectivity index (χ0) is 21.0. The number of morpholine rings is 1. The van der Waals surface area contributed by atoms with Crippen molar-refractivity contribution in [3.63, 3.8) is 0 Å². The van der Waals surface area contributed by atoms with Crippen molar-refractivity contribution in [2.75, 3.05) is 46.0 Å². The van der Waals surface area contributed by atoms with E-state index >= 15 is 0 Å². The van der Waals surface area contributed by atoms with Gasteiger partial charge >= 0.3 is 0 Å². The Labute approximate surface area is 180 Å². The second kappa shape index (κ2) is 8.87. The Morgan fingerprint density at radius 2 is 1.84 bits per heavy atom. The van der Waals surface area contributed by atoms with Crippen molar-refractivity contribution < 1.29 is 14.3 Å². The molecule has 1 fully saturated rings. The predicted molar refractivity (Wildman–Crippen MR) is 116 cm³/mol. The van der Waals surface area contributed by atoms with E-state index in [2.05, 4.69) is 20.3 Å². The standard InChI is InChI=1S/C23H25N5O3/c29-23-22-16-21(26-28(22)8-7-25-23)18-5-6-24-20(15-18)17-1-3-19(4-2-17)31-14-11-27-9-12-30-13-10-27/h1-6,15-16H,7-14H2,(H,25,29). The van der Waals surface area contributed by atoms with E-state index in [0.29, 0.717) is 25.4 Å². The van der Waals surface area contributed by atoms with Gasteiger partial charge in [-0.2, -0.15) is 5.10 Å². The van der Waals surface area contributed by atoms with Crippen molar-refractivity contribution in [3.8, 4) is 28.3 Å². The highest BCUT2D eigenvalue weighted by atomic mass is 16.5. The smallest absolute Gasteiger partial charge is 0.269 e. The van der Waals surface area contributed by atoms with Crippen molar-refractivity contribution >= 4 is 5.91 Å². The SMILES string of the molecule is O=C1NCCn2nc(-c3ccnc(-c4ccc(OCCN5CCOCC5)cc4)c3)cc21. The Kier molecular flexibility index (Phi) is 5.64. The third-order valence-corrected chi connectivity index (χ3v) is 5.61. The number of carbonyl (C=O) groups excluding carboxylic acids is 1. The maximum atomic E-state index is 12.0. The summed E-state index contributed by atoms with van der Waals surface area (Å²) in [7, 11) is 0. The van der Waals surface area contributed by atoms with Crippen molar-refractivity contribution in [2.24, 2.45) is 0 Å². The molecule has 0 unspecified atom stereocenters. The molecule has 1 saturated heterocycles. The van der Waals surface area contributed by atoms with Crippen LogP contribution in [0.15, 0.2) is 48.7 Å². The lowest BCUT2D eigenvalue weighted by Gasteiger charge is -2.26. The van der Waals surface area contributed by atoms with Crippen molar-refractivity contribution in [1.82, 2.24) is 25.0 Å². The van der Waals surface area contributed by atoms with Crippen LogP contribution in [-0.4, -0.2) is 71.6 Å². The number of fused-ring (bicyclic) bond motifs is 1. The Balaban J connectivity index is 1.26. The summed E-state index contributed by atoms with van der Waals surface area (Å²) in [6, 6.07) is 13.7. The third kappa shape index (κ3) is 4.45. The van der Waals surface area contributed by atoms with Gasteiger partial charge in [-0.3, -0.25) is 19.4 Å². The zero-order valence-electron chi connectivity index (χ0n) is 17.3. The molecule has 0 aliphatic carbocycles. The van der Waals surface area contributed by atoms with Gasteiger partial charge in [-0.1, -0.05) is 0 Å². The van der Waals surface area contributed by atoms with Crippen LogP contribution in [0.5, 0.6) is 5.75 Å². The summed E-state index contributed by atoms with van der Waals surface area (Å²) in [5.41, 5.74) is 4.17. The Bertz CT molecular complexity index is 1060. The minimum Gasteiger partial charge on any atom is -0.492 e. The number of amides is 1. The molecule has 0 bridgehead atoms. The largest absolute Gasteiger partial charge is 0.492 e. The predicted octanol–water partition coefficient (Wildman–Crippen LogP) is 2.07. The first kappa shape index (κ1) is 19.7. The van der Waals surface area contributed by atoms with Gasteiger partial charge in [0.1, 0.15) is 18.1 Å². The van der Waals surface area contributed by atoms with Gasteiger partial charge in [0.25, 0.3) is 5.91 Å². The summed E-state index contributed by atoms with van der Waals surface area (Å²) in [6.45, 7) is 6.39. The second-order valence-electron chi connectivity index (χ2n) is 7.65. The molecule has 0 saturated carbocycles. The highest BCUT2D eigenvalue weighted by Crippen LogP contribution is 2.26. The van der Waals surface area contributed by atoms with E-state index in [1.165, 1.54) is 0 Å². The van der Waals surface area contributed by atoms with Gasteiger partial charge in [0.05, 0.1) is 31.1 Å². The molecule has 5 rings (SSSR count). The van der Waals surface area contributed by atoms with Gasteiger partial charge in [-0.15, -0.1) is 0 Å². The molecule has 160 valence electrons. The lowest BCUT2D eigenvalue weighted by molar-refractivity contribution is 0.0322. The quantitative estimate of drug-likeness (QED) is 0.659. The van der Waals surface area contributed by atoms with E-state index in [9.17, 15) is 4.79 Å². The van der Waals surface area contributed by atoms with E-state index in [1.54, 1.807) is 10.9 Å². The number of hydrogen-bond acceptors (Lipinski definition) is 6. The molecule has 31 heavy (non-hydrogen) atoms. The first-order valence-electron chi connectivity index (χ1n) is 10.6. The average Bonchev–Trinajstić information content (AvgIpc) is 3.26. The average molecular weight is 419 g/mol. The monoisotopic (exact) mass is 419 g/mol. The normalized spacial score (nSPS) is 16.6. The molecule has 4 heterocycles. The molecule has 1 N–H and O–H groups in total. The lowest BCUT2D eigenvalue weighted by atomic mass is 10.1. The number of nitrogens with one attached hydrogen (secondary N) is 1. The highest BCUT2D eigenvalue weighted by Gasteiger charge is 2.20. The fourth-order valence-corrected chi connectivity index (χ4v) is 3.86. The number of pyridine rings is 1. The molecule has 0 radical (unpaired) electrons. The van der Waals surface area contributed by atoms with Crippen LogP contribution in [-0.2, 0) is 11.3 Å². The molecule has 1 amide bonds. The highest BCUT2D eigenvalue weighted by molar-refractivity contribution is 5.94. The molecular formula is C23H25N5O3. The summed E-state index contributed by atoms with van der Waals surface area (Å²) in [5, 5.41) is 7.44. The van der Waals surface area contributed by atoms with Crippen molar-refractivity contribution in [3.05, 3.63) is 54.4 Å². The molecule has 1 aromatic carbocycles. The van der Waals surface area contributed by atoms with Gasteiger partial charge < -0.3 is 14.8 Å². The van der Waals surface area contributed by atoms with E-state index in [1.807, 2.05) is 42.5 Å². The molecule has 0 atom stereocenters. The molecule has 2 aliphatic heterocycles. The fraction of sp³-hybridized carbons (Fsp3) is 0.348. The number of aromatic nitrogens is 3. The number of ether oxygens (including phenoxy) is 2. The summed E-state index contributed by atoms with van der Waals surface area (Å²) < 4.78 is 13.0. The summed E-state index contributed by atoms with van der Waals surface area (Å²) >= 11 is 0. The number of rotatable bonds is 6. The van der Waals surface area contributed by atoms with Crippen LogP contribution in [0.25, 0.3) is 22.5 Å². The lowest BCUT2D eigenvalue weighted by Crippen LogP contribution is -2.38. The number of benzene rings is 1. The molecule has 8 nitrogen and oxygen atoms in total. The number of hydrogen-bond donors (Lipinski definition) is 1. The molecule has 2 aliphatic rings. The first-order valence-corrected chi connectivity index (χ1v) is 10.6. The summed E-state index contributed by atoms with van der Waals surface area (Å²) in [6.07, 6.45) is 1.77. The van der Waals surface area contributed by atoms with Crippen LogP contribution in [0.3, 0.4) is 0 Å². The van der Waals surface area contributed by atoms with Crippen LogP contribution in [0.1, 0.15) is 10.5 Å².